The van der Waals surface area contributed by atoms with E-state index in [1.807, 2.05) is 25.1 Å². The largest absolute Gasteiger partial charge is 0.478 e. The summed E-state index contributed by atoms with van der Waals surface area (Å²) >= 11 is 0. The van der Waals surface area contributed by atoms with E-state index in [1.165, 1.54) is 7.11 Å². The zero-order chi connectivity index (χ0) is 15.7. The van der Waals surface area contributed by atoms with Crippen molar-refractivity contribution in [2.75, 3.05) is 7.11 Å². The smallest absolute Gasteiger partial charge is 0.337 e. The number of carbonyl (C=O) groups excluding carboxylic acids is 1. The minimum atomic E-state index is -0.845. The average Bonchev–Trinajstić information content (AvgIpc) is 2.55. The van der Waals surface area contributed by atoms with Crippen molar-refractivity contribution < 1.29 is 19.4 Å². The first-order valence-electron chi connectivity index (χ1n) is 6.54. The highest BCUT2D eigenvalue weighted by Gasteiger charge is 2.05. The second kappa shape index (κ2) is 8.53. The van der Waals surface area contributed by atoms with Crippen molar-refractivity contribution >= 4 is 11.9 Å². The van der Waals surface area contributed by atoms with Crippen molar-refractivity contribution in [2.45, 2.75) is 13.3 Å². The molecular formula is C17H18O4. The highest BCUT2D eigenvalue weighted by Crippen LogP contribution is 2.08. The Hall–Kier alpha value is -2.62. The summed E-state index contributed by atoms with van der Waals surface area (Å²) in [6, 6.07) is 15.9. The van der Waals surface area contributed by atoms with Gasteiger partial charge in [-0.2, -0.15) is 0 Å². The SMILES string of the molecule is CCc1ccccc1C(=O)O.COC(=O)c1ccccc1. The maximum absolute atomic E-state index is 10.8. The molecule has 0 unspecified atom stereocenters. The van der Waals surface area contributed by atoms with Crippen molar-refractivity contribution in [1.82, 2.24) is 0 Å². The molecule has 1 N–H and O–H groups in total. The minimum Gasteiger partial charge on any atom is -0.478 e. The number of methoxy groups -OCH3 is 1. The molecule has 110 valence electrons. The third kappa shape index (κ3) is 5.10. The number of hydrogen-bond acceptors (Lipinski definition) is 3. The van der Waals surface area contributed by atoms with E-state index in [0.29, 0.717) is 11.1 Å². The van der Waals surface area contributed by atoms with E-state index in [1.54, 1.807) is 36.4 Å². The summed E-state index contributed by atoms with van der Waals surface area (Å²) < 4.78 is 4.50. The number of carboxylic acid groups (broad SMARTS) is 1. The highest BCUT2D eigenvalue weighted by molar-refractivity contribution is 5.89. The Bertz CT molecular complexity index is 591. The topological polar surface area (TPSA) is 63.6 Å². The van der Waals surface area contributed by atoms with Crippen LogP contribution in [0, 0.1) is 0 Å². The molecule has 4 nitrogen and oxygen atoms in total. The Balaban J connectivity index is 0.000000211. The number of hydrogen-bond donors (Lipinski definition) is 1. The Morgan fingerprint density at radius 2 is 1.57 bits per heavy atom. The van der Waals surface area contributed by atoms with Gasteiger partial charge in [0.25, 0.3) is 0 Å². The summed E-state index contributed by atoms with van der Waals surface area (Å²) in [7, 11) is 1.37. The minimum absolute atomic E-state index is 0.291. The van der Waals surface area contributed by atoms with Crippen molar-refractivity contribution in [3.8, 4) is 0 Å². The number of benzene rings is 2. The van der Waals surface area contributed by atoms with Gasteiger partial charge in [-0.1, -0.05) is 43.3 Å². The van der Waals surface area contributed by atoms with E-state index in [0.717, 1.165) is 12.0 Å². The van der Waals surface area contributed by atoms with Gasteiger partial charge in [0.05, 0.1) is 18.2 Å². The number of esters is 1. The van der Waals surface area contributed by atoms with Crippen LogP contribution in [0.4, 0.5) is 0 Å². The number of rotatable bonds is 3. The van der Waals surface area contributed by atoms with Gasteiger partial charge in [0.2, 0.25) is 0 Å². The molecule has 0 aliphatic heterocycles. The normalized spacial score (nSPS) is 9.24. The van der Waals surface area contributed by atoms with E-state index >= 15 is 0 Å². The molecule has 0 amide bonds. The van der Waals surface area contributed by atoms with Gasteiger partial charge < -0.3 is 9.84 Å². The lowest BCUT2D eigenvalue weighted by Crippen LogP contribution is -2.00. The van der Waals surface area contributed by atoms with Gasteiger partial charge in [-0.25, -0.2) is 9.59 Å². The van der Waals surface area contributed by atoms with Crippen molar-refractivity contribution in [1.29, 1.82) is 0 Å². The third-order valence-electron chi connectivity index (χ3n) is 2.82. The van der Waals surface area contributed by atoms with Gasteiger partial charge in [0.15, 0.2) is 0 Å². The molecular weight excluding hydrogens is 268 g/mol. The quantitative estimate of drug-likeness (QED) is 0.878. The first-order valence-corrected chi connectivity index (χ1v) is 6.54. The lowest BCUT2D eigenvalue weighted by Gasteiger charge is -2.00. The van der Waals surface area contributed by atoms with Crippen molar-refractivity contribution in [3.05, 3.63) is 71.3 Å². The van der Waals surface area contributed by atoms with E-state index in [2.05, 4.69) is 4.74 Å². The standard InChI is InChI=1S/C9H10O2.C8H8O2/c1-2-7-5-3-4-6-8(7)9(10)11;1-10-8(9)7-5-3-2-4-6-7/h3-6H,2H2,1H3,(H,10,11);2-6H,1H3. The lowest BCUT2D eigenvalue weighted by molar-refractivity contribution is 0.0599. The molecule has 2 aromatic rings. The molecule has 0 aliphatic carbocycles. The molecule has 0 heterocycles. The Morgan fingerprint density at radius 1 is 1.00 bits per heavy atom. The molecule has 0 aromatic heterocycles. The molecule has 0 saturated carbocycles. The van der Waals surface area contributed by atoms with Gasteiger partial charge in [-0.3, -0.25) is 0 Å². The van der Waals surface area contributed by atoms with Crippen molar-refractivity contribution in [2.24, 2.45) is 0 Å². The van der Waals surface area contributed by atoms with Crippen LogP contribution in [-0.2, 0) is 11.2 Å². The van der Waals surface area contributed by atoms with E-state index in [-0.39, 0.29) is 5.97 Å². The van der Waals surface area contributed by atoms with E-state index in [4.69, 9.17) is 5.11 Å². The van der Waals surface area contributed by atoms with E-state index in [9.17, 15) is 9.59 Å². The fourth-order valence-corrected chi connectivity index (χ4v) is 1.73. The summed E-state index contributed by atoms with van der Waals surface area (Å²) in [5.41, 5.74) is 1.89. The van der Waals surface area contributed by atoms with Crippen LogP contribution in [0.5, 0.6) is 0 Å². The molecule has 0 saturated heterocycles. The van der Waals surface area contributed by atoms with E-state index < -0.39 is 5.97 Å². The van der Waals surface area contributed by atoms with Gasteiger partial charge in [0.1, 0.15) is 0 Å². The van der Waals surface area contributed by atoms with Crippen LogP contribution in [0.1, 0.15) is 33.2 Å². The molecule has 2 rings (SSSR count). The molecule has 0 fully saturated rings. The zero-order valence-electron chi connectivity index (χ0n) is 12.1. The predicted molar refractivity (Wildman–Crippen MR) is 80.6 cm³/mol. The predicted octanol–water partition coefficient (Wildman–Crippen LogP) is 3.42. The van der Waals surface area contributed by atoms with Crippen LogP contribution in [0.3, 0.4) is 0 Å². The Kier molecular flexibility index (Phi) is 6.68. The first kappa shape index (κ1) is 16.4. The lowest BCUT2D eigenvalue weighted by atomic mass is 10.1. The summed E-state index contributed by atoms with van der Waals surface area (Å²) in [4.78, 5) is 21.4. The highest BCUT2D eigenvalue weighted by atomic mass is 16.5. The Morgan fingerprint density at radius 3 is 2.05 bits per heavy atom. The second-order valence-corrected chi connectivity index (χ2v) is 4.17. The molecule has 0 atom stereocenters. The zero-order valence-corrected chi connectivity index (χ0v) is 12.1. The monoisotopic (exact) mass is 286 g/mol. The van der Waals surface area contributed by atoms with Crippen LogP contribution >= 0.6 is 0 Å². The molecule has 21 heavy (non-hydrogen) atoms. The number of ether oxygens (including phenoxy) is 1. The van der Waals surface area contributed by atoms with Gasteiger partial charge in [-0.15, -0.1) is 0 Å². The van der Waals surface area contributed by atoms with Crippen LogP contribution in [0.25, 0.3) is 0 Å². The van der Waals surface area contributed by atoms with Crippen molar-refractivity contribution in [3.63, 3.8) is 0 Å². The Labute approximate surface area is 124 Å². The van der Waals surface area contributed by atoms with Crippen LogP contribution in [0.2, 0.25) is 0 Å². The maximum atomic E-state index is 10.8. The second-order valence-electron chi connectivity index (χ2n) is 4.17. The molecule has 2 aromatic carbocycles. The number of aromatic carboxylic acids is 1. The van der Waals surface area contributed by atoms with Gasteiger partial charge >= 0.3 is 11.9 Å². The molecule has 4 heteroatoms. The number of carboxylic acids is 1. The number of carbonyl (C=O) groups is 2. The molecule has 0 radical (unpaired) electrons. The number of aryl methyl sites for hydroxylation is 1. The molecule has 0 bridgehead atoms. The molecule has 0 spiro atoms. The summed E-state index contributed by atoms with van der Waals surface area (Å²) in [5.74, 6) is -1.14. The summed E-state index contributed by atoms with van der Waals surface area (Å²) in [6.45, 7) is 1.95. The van der Waals surface area contributed by atoms with Gasteiger partial charge in [-0.05, 0) is 30.2 Å². The molecule has 0 aliphatic rings. The van der Waals surface area contributed by atoms with Crippen LogP contribution in [0.15, 0.2) is 54.6 Å². The fraction of sp³-hybridized carbons (Fsp3) is 0.176. The summed E-state index contributed by atoms with van der Waals surface area (Å²) in [6.07, 6.45) is 0.766. The van der Waals surface area contributed by atoms with Gasteiger partial charge in [0, 0.05) is 0 Å². The summed E-state index contributed by atoms with van der Waals surface area (Å²) in [5, 5.41) is 8.70. The first-order chi connectivity index (χ1) is 10.1. The maximum Gasteiger partial charge on any atom is 0.337 e. The third-order valence-corrected chi connectivity index (χ3v) is 2.82. The fourth-order valence-electron chi connectivity index (χ4n) is 1.73. The van der Waals surface area contributed by atoms with Crippen LogP contribution < -0.4 is 0 Å². The van der Waals surface area contributed by atoms with Crippen LogP contribution in [-0.4, -0.2) is 24.2 Å². The average molecular weight is 286 g/mol.